The summed E-state index contributed by atoms with van der Waals surface area (Å²) in [7, 11) is -3.91. The molecule has 1 unspecified atom stereocenters. The number of aromatic nitrogens is 2. The van der Waals surface area contributed by atoms with E-state index in [1.165, 1.54) is 23.4 Å². The van der Waals surface area contributed by atoms with Crippen LogP contribution >= 0.6 is 0 Å². The Balaban J connectivity index is 1.59. The molecule has 31 heavy (non-hydrogen) atoms. The number of halogens is 1. The fourth-order valence-corrected chi connectivity index (χ4v) is 5.75. The zero-order valence-corrected chi connectivity index (χ0v) is 17.8. The summed E-state index contributed by atoms with van der Waals surface area (Å²) in [4.78, 5) is 12.4. The summed E-state index contributed by atoms with van der Waals surface area (Å²) < 4.78 is 51.0. The summed E-state index contributed by atoms with van der Waals surface area (Å²) in [6.07, 6.45) is 0.321. The monoisotopic (exact) mass is 448 g/mol. The van der Waals surface area contributed by atoms with Gasteiger partial charge in [0.15, 0.2) is 5.76 Å². The molecule has 0 aliphatic carbocycles. The molecule has 1 aliphatic heterocycles. The zero-order valence-electron chi connectivity index (χ0n) is 17.0. The van der Waals surface area contributed by atoms with Crippen LogP contribution in [-0.2, 0) is 21.2 Å². The second-order valence-corrected chi connectivity index (χ2v) is 9.62. The number of nitrogens with zero attached hydrogens (tertiary/aromatic N) is 3. The van der Waals surface area contributed by atoms with Crippen LogP contribution in [0.3, 0.4) is 0 Å². The topological polar surface area (TPSA) is 133 Å². The number of carbonyl (C=O) groups is 1. The van der Waals surface area contributed by atoms with Gasteiger partial charge in [-0.3, -0.25) is 4.79 Å². The van der Waals surface area contributed by atoms with Crippen molar-refractivity contribution >= 4 is 15.9 Å². The number of amides is 1. The van der Waals surface area contributed by atoms with Gasteiger partial charge in [0, 0.05) is 31.1 Å². The van der Waals surface area contributed by atoms with Crippen LogP contribution in [0.4, 0.5) is 4.39 Å². The van der Waals surface area contributed by atoms with E-state index in [4.69, 9.17) is 14.8 Å². The van der Waals surface area contributed by atoms with Gasteiger partial charge in [-0.05, 0) is 44.5 Å². The van der Waals surface area contributed by atoms with E-state index in [1.54, 1.807) is 25.1 Å². The molecule has 0 spiro atoms. The first kappa shape index (κ1) is 21.2. The zero-order chi connectivity index (χ0) is 22.4. The van der Waals surface area contributed by atoms with E-state index < -0.39 is 21.3 Å². The van der Waals surface area contributed by atoms with Gasteiger partial charge in [0.05, 0.1) is 5.41 Å². The van der Waals surface area contributed by atoms with Gasteiger partial charge in [0.25, 0.3) is 0 Å². The molecular weight excluding hydrogens is 427 g/mol. The van der Waals surface area contributed by atoms with Crippen molar-refractivity contribution in [3.63, 3.8) is 0 Å². The molecule has 1 saturated heterocycles. The number of hydrogen-bond acceptors (Lipinski definition) is 7. The molecule has 1 aromatic carbocycles. The normalized spacial score (nSPS) is 19.7. The summed E-state index contributed by atoms with van der Waals surface area (Å²) in [6.45, 7) is 3.09. The number of aryl methyl sites for hydroxylation is 2. The summed E-state index contributed by atoms with van der Waals surface area (Å²) in [6, 6.07) is 7.39. The molecule has 11 heteroatoms. The molecule has 1 fully saturated rings. The lowest BCUT2D eigenvalue weighted by Gasteiger charge is -2.24. The smallest absolute Gasteiger partial charge is 0.248 e. The van der Waals surface area contributed by atoms with E-state index in [0.717, 1.165) is 0 Å². The summed E-state index contributed by atoms with van der Waals surface area (Å²) in [5, 5.41) is 7.69. The average molecular weight is 448 g/mol. The number of sulfonamides is 1. The van der Waals surface area contributed by atoms with Crippen molar-refractivity contribution in [3.8, 4) is 11.3 Å². The van der Waals surface area contributed by atoms with Crippen LogP contribution in [-0.4, -0.2) is 42.0 Å². The molecule has 9 nitrogen and oxygen atoms in total. The minimum Gasteiger partial charge on any atom is -0.369 e. The third-order valence-corrected chi connectivity index (χ3v) is 7.71. The number of benzene rings is 1. The number of hydrogen-bond donors (Lipinski definition) is 1. The minimum absolute atomic E-state index is 0.00558. The third-order valence-electron chi connectivity index (χ3n) is 5.62. The third kappa shape index (κ3) is 3.74. The Morgan fingerprint density at radius 3 is 2.55 bits per heavy atom. The summed E-state index contributed by atoms with van der Waals surface area (Å²) in [5.41, 5.74) is 5.95. The van der Waals surface area contributed by atoms with Crippen LogP contribution in [0.2, 0.25) is 0 Å². The molecule has 164 valence electrons. The van der Waals surface area contributed by atoms with E-state index >= 15 is 0 Å². The highest BCUT2D eigenvalue weighted by atomic mass is 32.2. The molecule has 3 heterocycles. The molecule has 0 saturated carbocycles. The van der Waals surface area contributed by atoms with Crippen LogP contribution in [0.5, 0.6) is 0 Å². The van der Waals surface area contributed by atoms with E-state index in [1.807, 2.05) is 0 Å². The molecule has 2 aromatic heterocycles. The van der Waals surface area contributed by atoms with Crippen molar-refractivity contribution < 1.29 is 26.6 Å². The van der Waals surface area contributed by atoms with Gasteiger partial charge in [0.1, 0.15) is 27.9 Å². The van der Waals surface area contributed by atoms with Crippen LogP contribution < -0.4 is 5.73 Å². The van der Waals surface area contributed by atoms with Crippen LogP contribution in [0.25, 0.3) is 11.3 Å². The molecule has 0 bridgehead atoms. The standard InChI is InChI=1S/C20H21FN4O5S/c1-12-18(13(2)29-23-12)31(27,28)25-8-7-20(11-25,19(22)26)10-16-9-17(24-30-16)14-3-5-15(21)6-4-14/h3-6,9H,7-8,10-11H2,1-2H3,(H2,22,26). The molecule has 1 amide bonds. The van der Waals surface area contributed by atoms with Crippen LogP contribution in [0, 0.1) is 25.1 Å². The number of primary amides is 1. The second-order valence-electron chi connectivity index (χ2n) is 7.75. The van der Waals surface area contributed by atoms with Crippen molar-refractivity contribution in [2.75, 3.05) is 13.1 Å². The van der Waals surface area contributed by atoms with Gasteiger partial charge in [-0.2, -0.15) is 4.31 Å². The van der Waals surface area contributed by atoms with Crippen molar-refractivity contribution in [1.82, 2.24) is 14.6 Å². The minimum atomic E-state index is -3.91. The average Bonchev–Trinajstić information content (AvgIpc) is 3.43. The first-order valence-electron chi connectivity index (χ1n) is 9.57. The molecule has 4 rings (SSSR count). The maximum atomic E-state index is 13.1. The van der Waals surface area contributed by atoms with Crippen LogP contribution in [0.1, 0.15) is 23.6 Å². The highest BCUT2D eigenvalue weighted by Crippen LogP contribution is 2.38. The molecule has 1 atom stereocenters. The van der Waals surface area contributed by atoms with E-state index in [0.29, 0.717) is 17.0 Å². The van der Waals surface area contributed by atoms with Gasteiger partial charge in [-0.1, -0.05) is 10.3 Å². The maximum absolute atomic E-state index is 13.1. The fraction of sp³-hybridized carbons (Fsp3) is 0.350. The van der Waals surface area contributed by atoms with Gasteiger partial charge in [-0.15, -0.1) is 0 Å². The quantitative estimate of drug-likeness (QED) is 0.611. The van der Waals surface area contributed by atoms with Crippen molar-refractivity contribution in [1.29, 1.82) is 0 Å². The van der Waals surface area contributed by atoms with E-state index in [9.17, 15) is 17.6 Å². The lowest BCUT2D eigenvalue weighted by Crippen LogP contribution is -2.42. The fourth-order valence-electron chi connectivity index (χ4n) is 3.93. The number of nitrogens with two attached hydrogens (primary N) is 1. The Hall–Kier alpha value is -3.05. The summed E-state index contributed by atoms with van der Waals surface area (Å²) in [5.74, 6) is -0.419. The van der Waals surface area contributed by atoms with E-state index in [2.05, 4.69) is 10.3 Å². The number of carbonyl (C=O) groups excluding carboxylic acids is 1. The predicted octanol–water partition coefficient (Wildman–Crippen LogP) is 2.19. The van der Waals surface area contributed by atoms with Gasteiger partial charge < -0.3 is 14.8 Å². The van der Waals surface area contributed by atoms with Crippen molar-refractivity contribution in [2.45, 2.75) is 31.6 Å². The largest absolute Gasteiger partial charge is 0.369 e. The molecule has 1 aliphatic rings. The highest BCUT2D eigenvalue weighted by molar-refractivity contribution is 7.89. The molecule has 2 N–H and O–H groups in total. The van der Waals surface area contributed by atoms with Crippen molar-refractivity contribution in [2.24, 2.45) is 11.1 Å². The highest BCUT2D eigenvalue weighted by Gasteiger charge is 2.48. The number of rotatable bonds is 6. The summed E-state index contributed by atoms with van der Waals surface area (Å²) >= 11 is 0. The maximum Gasteiger partial charge on any atom is 0.248 e. The van der Waals surface area contributed by atoms with Gasteiger partial charge >= 0.3 is 0 Å². The lowest BCUT2D eigenvalue weighted by atomic mass is 9.82. The predicted molar refractivity (Wildman–Crippen MR) is 107 cm³/mol. The molecule has 3 aromatic rings. The Kier molecular flexibility index (Phi) is 5.18. The second kappa shape index (κ2) is 7.57. The van der Waals surface area contributed by atoms with Gasteiger partial charge in [-0.25, -0.2) is 12.8 Å². The van der Waals surface area contributed by atoms with Crippen LogP contribution in [0.15, 0.2) is 44.3 Å². The first-order chi connectivity index (χ1) is 14.6. The van der Waals surface area contributed by atoms with E-state index in [-0.39, 0.29) is 48.1 Å². The van der Waals surface area contributed by atoms with Gasteiger partial charge in [0.2, 0.25) is 15.9 Å². The Morgan fingerprint density at radius 1 is 1.23 bits per heavy atom. The Labute approximate surface area is 178 Å². The SMILES string of the molecule is Cc1noc(C)c1S(=O)(=O)N1CCC(Cc2cc(-c3ccc(F)cc3)no2)(C(N)=O)C1. The first-order valence-corrected chi connectivity index (χ1v) is 11.0. The molecule has 0 radical (unpaired) electrons. The molecular formula is C20H21FN4O5S. The Morgan fingerprint density at radius 2 is 1.94 bits per heavy atom. The Bertz CT molecular complexity index is 1220. The van der Waals surface area contributed by atoms with Crippen molar-refractivity contribution in [3.05, 3.63) is 53.4 Å². The lowest BCUT2D eigenvalue weighted by molar-refractivity contribution is -0.127.